The number of rotatable bonds is 7. The molecule has 1 aromatic rings. The molecule has 132 valence electrons. The van der Waals surface area contributed by atoms with Crippen LogP contribution in [0.1, 0.15) is 32.3 Å². The first-order valence-electron chi connectivity index (χ1n) is 8.30. The molecule has 1 aliphatic heterocycles. The third-order valence-electron chi connectivity index (χ3n) is 4.29. The molecule has 2 atom stereocenters. The molecule has 0 radical (unpaired) electrons. The topological polar surface area (TPSA) is 67.9 Å². The van der Waals surface area contributed by atoms with Gasteiger partial charge in [0.25, 0.3) is 0 Å². The van der Waals surface area contributed by atoms with Crippen molar-refractivity contribution in [1.29, 1.82) is 0 Å². The highest BCUT2D eigenvalue weighted by Crippen LogP contribution is 2.15. The molecule has 1 saturated heterocycles. The number of ether oxygens (including phenoxy) is 2. The van der Waals surface area contributed by atoms with Gasteiger partial charge in [-0.3, -0.25) is 9.59 Å². The summed E-state index contributed by atoms with van der Waals surface area (Å²) in [5, 5.41) is 2.89. The third-order valence-corrected chi connectivity index (χ3v) is 4.29. The van der Waals surface area contributed by atoms with E-state index in [2.05, 4.69) is 5.32 Å². The first kappa shape index (κ1) is 18.3. The van der Waals surface area contributed by atoms with Gasteiger partial charge in [0.15, 0.2) is 0 Å². The minimum atomic E-state index is -0.536. The molecular weight excluding hydrogens is 308 g/mol. The van der Waals surface area contributed by atoms with Crippen LogP contribution < -0.4 is 10.1 Å². The van der Waals surface area contributed by atoms with Crippen LogP contribution >= 0.6 is 0 Å². The molecule has 0 saturated carbocycles. The number of carbonyl (C=O) groups excluding carboxylic acids is 2. The van der Waals surface area contributed by atoms with Crippen molar-refractivity contribution in [3.8, 4) is 5.75 Å². The van der Waals surface area contributed by atoms with Gasteiger partial charge in [-0.25, -0.2) is 0 Å². The van der Waals surface area contributed by atoms with E-state index in [4.69, 9.17) is 9.47 Å². The maximum absolute atomic E-state index is 12.4. The maximum atomic E-state index is 12.4. The second-order valence-corrected chi connectivity index (χ2v) is 6.05. The van der Waals surface area contributed by atoms with Crippen molar-refractivity contribution in [3.63, 3.8) is 0 Å². The van der Waals surface area contributed by atoms with E-state index in [0.717, 1.165) is 30.8 Å². The number of nitrogens with one attached hydrogen (secondary N) is 1. The number of amides is 2. The van der Waals surface area contributed by atoms with Crippen LogP contribution in [0.5, 0.6) is 5.75 Å². The predicted molar refractivity (Wildman–Crippen MR) is 90.7 cm³/mol. The van der Waals surface area contributed by atoms with E-state index in [-0.39, 0.29) is 17.9 Å². The normalized spacial score (nSPS) is 18.0. The first-order chi connectivity index (χ1) is 11.5. The largest absolute Gasteiger partial charge is 0.497 e. The molecule has 0 unspecified atom stereocenters. The maximum Gasteiger partial charge on any atom is 0.242 e. The summed E-state index contributed by atoms with van der Waals surface area (Å²) in [5.74, 6) is 0.468. The molecule has 0 bridgehead atoms. The van der Waals surface area contributed by atoms with Gasteiger partial charge in [0.05, 0.1) is 13.2 Å². The van der Waals surface area contributed by atoms with Crippen molar-refractivity contribution in [2.75, 3.05) is 20.3 Å². The molecule has 24 heavy (non-hydrogen) atoms. The standard InChI is InChI=1S/C18H26N2O4/c1-13(18(22)19-11-17-5-4-10-24-17)20(14(2)21)12-15-6-8-16(23-3)9-7-15/h6-9,13,17H,4-5,10-12H2,1-3H3,(H,19,22)/t13-,17+/m1/s1. The SMILES string of the molecule is COc1ccc(CN(C(C)=O)[C@H](C)C(=O)NC[C@@H]2CCCO2)cc1. The van der Waals surface area contributed by atoms with Crippen molar-refractivity contribution in [3.05, 3.63) is 29.8 Å². The van der Waals surface area contributed by atoms with Gasteiger partial charge < -0.3 is 19.7 Å². The molecule has 2 rings (SSSR count). The Bertz CT molecular complexity index is 553. The van der Waals surface area contributed by atoms with Crippen molar-refractivity contribution in [2.45, 2.75) is 45.4 Å². The van der Waals surface area contributed by atoms with Gasteiger partial charge in [-0.2, -0.15) is 0 Å². The second-order valence-electron chi connectivity index (χ2n) is 6.05. The number of methoxy groups -OCH3 is 1. The quantitative estimate of drug-likeness (QED) is 0.824. The molecular formula is C18H26N2O4. The van der Waals surface area contributed by atoms with Crippen LogP contribution in [-0.4, -0.2) is 49.1 Å². The van der Waals surface area contributed by atoms with Gasteiger partial charge in [0.2, 0.25) is 11.8 Å². The summed E-state index contributed by atoms with van der Waals surface area (Å²) in [5.41, 5.74) is 0.949. The van der Waals surface area contributed by atoms with Crippen LogP contribution in [0.25, 0.3) is 0 Å². The summed E-state index contributed by atoms with van der Waals surface area (Å²) in [6, 6.07) is 6.94. The fraction of sp³-hybridized carbons (Fsp3) is 0.556. The summed E-state index contributed by atoms with van der Waals surface area (Å²) in [7, 11) is 1.61. The molecule has 0 aromatic heterocycles. The Hall–Kier alpha value is -2.08. The Morgan fingerprint density at radius 2 is 2.08 bits per heavy atom. The van der Waals surface area contributed by atoms with E-state index >= 15 is 0 Å². The summed E-state index contributed by atoms with van der Waals surface area (Å²) in [6.45, 7) is 4.86. The van der Waals surface area contributed by atoms with Crippen molar-refractivity contribution < 1.29 is 19.1 Å². The average Bonchev–Trinajstić information content (AvgIpc) is 3.10. The summed E-state index contributed by atoms with van der Waals surface area (Å²) in [6.07, 6.45) is 2.10. The van der Waals surface area contributed by atoms with Crippen LogP contribution in [0.4, 0.5) is 0 Å². The molecule has 1 N–H and O–H groups in total. The van der Waals surface area contributed by atoms with E-state index in [0.29, 0.717) is 13.1 Å². The number of benzene rings is 1. The monoisotopic (exact) mass is 334 g/mol. The Morgan fingerprint density at radius 1 is 1.38 bits per heavy atom. The van der Waals surface area contributed by atoms with Gasteiger partial charge in [0.1, 0.15) is 11.8 Å². The Morgan fingerprint density at radius 3 is 2.62 bits per heavy atom. The van der Waals surface area contributed by atoms with Crippen LogP contribution in [0.2, 0.25) is 0 Å². The average molecular weight is 334 g/mol. The molecule has 0 spiro atoms. The van der Waals surface area contributed by atoms with Crippen molar-refractivity contribution >= 4 is 11.8 Å². The van der Waals surface area contributed by atoms with Gasteiger partial charge in [-0.05, 0) is 37.5 Å². The highest BCUT2D eigenvalue weighted by Gasteiger charge is 2.25. The number of carbonyl (C=O) groups is 2. The highest BCUT2D eigenvalue weighted by atomic mass is 16.5. The highest BCUT2D eigenvalue weighted by molar-refractivity contribution is 5.86. The molecule has 1 fully saturated rings. The Balaban J connectivity index is 1.94. The molecule has 6 nitrogen and oxygen atoms in total. The van der Waals surface area contributed by atoms with E-state index in [1.54, 1.807) is 18.9 Å². The van der Waals surface area contributed by atoms with Gasteiger partial charge in [-0.1, -0.05) is 12.1 Å². The number of nitrogens with zero attached hydrogens (tertiary/aromatic N) is 1. The van der Waals surface area contributed by atoms with Crippen LogP contribution in [0.3, 0.4) is 0 Å². The zero-order valence-electron chi connectivity index (χ0n) is 14.6. The van der Waals surface area contributed by atoms with Crippen LogP contribution in [-0.2, 0) is 20.9 Å². The minimum Gasteiger partial charge on any atom is -0.497 e. The predicted octanol–water partition coefficient (Wildman–Crippen LogP) is 1.73. The lowest BCUT2D eigenvalue weighted by Gasteiger charge is -2.28. The lowest BCUT2D eigenvalue weighted by Crippen LogP contribution is -2.48. The molecule has 6 heteroatoms. The fourth-order valence-electron chi connectivity index (χ4n) is 2.76. The zero-order chi connectivity index (χ0) is 17.5. The minimum absolute atomic E-state index is 0.0912. The van der Waals surface area contributed by atoms with Gasteiger partial charge in [0, 0.05) is 26.6 Å². The van der Waals surface area contributed by atoms with E-state index < -0.39 is 6.04 Å². The fourth-order valence-corrected chi connectivity index (χ4v) is 2.76. The Labute approximate surface area is 143 Å². The first-order valence-corrected chi connectivity index (χ1v) is 8.30. The molecule has 1 heterocycles. The van der Waals surface area contributed by atoms with Crippen molar-refractivity contribution in [1.82, 2.24) is 10.2 Å². The second kappa shape index (κ2) is 8.68. The molecule has 2 amide bonds. The smallest absolute Gasteiger partial charge is 0.242 e. The third kappa shape index (κ3) is 4.96. The number of hydrogen-bond acceptors (Lipinski definition) is 4. The van der Waals surface area contributed by atoms with E-state index in [1.807, 2.05) is 24.3 Å². The van der Waals surface area contributed by atoms with Crippen LogP contribution in [0.15, 0.2) is 24.3 Å². The summed E-state index contributed by atoms with van der Waals surface area (Å²) < 4.78 is 10.6. The van der Waals surface area contributed by atoms with Crippen LogP contribution in [0, 0.1) is 0 Å². The van der Waals surface area contributed by atoms with E-state index in [9.17, 15) is 9.59 Å². The number of hydrogen-bond donors (Lipinski definition) is 1. The summed E-state index contributed by atoms with van der Waals surface area (Å²) in [4.78, 5) is 25.9. The van der Waals surface area contributed by atoms with Gasteiger partial charge in [-0.15, -0.1) is 0 Å². The molecule has 1 aliphatic rings. The summed E-state index contributed by atoms with van der Waals surface area (Å²) >= 11 is 0. The lowest BCUT2D eigenvalue weighted by atomic mass is 10.1. The van der Waals surface area contributed by atoms with Crippen molar-refractivity contribution in [2.24, 2.45) is 0 Å². The van der Waals surface area contributed by atoms with E-state index in [1.165, 1.54) is 6.92 Å². The van der Waals surface area contributed by atoms with Gasteiger partial charge >= 0.3 is 0 Å². The zero-order valence-corrected chi connectivity index (χ0v) is 14.6. The molecule has 1 aromatic carbocycles. The lowest BCUT2D eigenvalue weighted by molar-refractivity contribution is -0.139. The Kier molecular flexibility index (Phi) is 6.61. The molecule has 0 aliphatic carbocycles.